The largest absolute Gasteiger partial charge is 0.380 e. The summed E-state index contributed by atoms with van der Waals surface area (Å²) in [5, 5.41) is 14.4. The highest BCUT2D eigenvalue weighted by molar-refractivity contribution is 7.17. The molecule has 1 atom stereocenters. The fraction of sp³-hybridized carbons (Fsp3) is 0.318. The van der Waals surface area contributed by atoms with Crippen LogP contribution in [0.3, 0.4) is 0 Å². The van der Waals surface area contributed by atoms with Crippen molar-refractivity contribution in [2.45, 2.75) is 45.6 Å². The number of hydrogen-bond donors (Lipinski definition) is 1. The average molecular weight is 396 g/mol. The molecular weight excluding hydrogens is 373 g/mol. The Labute approximate surface area is 168 Å². The van der Waals surface area contributed by atoms with Crippen LogP contribution in [0.15, 0.2) is 35.8 Å². The molecule has 0 aliphatic rings. The third kappa shape index (κ3) is 4.37. The van der Waals surface area contributed by atoms with E-state index in [1.165, 1.54) is 12.1 Å². The SMILES string of the molecule is CCCC(CCc1ccc(C#N)c(F)c1)Nc1c(C(C)=O)cnc2ccsc12. The van der Waals surface area contributed by atoms with Crippen LogP contribution in [0.25, 0.3) is 10.2 Å². The van der Waals surface area contributed by atoms with Crippen LogP contribution < -0.4 is 5.32 Å². The fourth-order valence-electron chi connectivity index (χ4n) is 3.31. The van der Waals surface area contributed by atoms with Gasteiger partial charge in [-0.05, 0) is 55.3 Å². The molecule has 4 nitrogen and oxygen atoms in total. The average Bonchev–Trinajstić information content (AvgIpc) is 3.15. The molecule has 1 N–H and O–H groups in total. The number of carbonyl (C=O) groups is 1. The minimum Gasteiger partial charge on any atom is -0.380 e. The van der Waals surface area contributed by atoms with Gasteiger partial charge in [0.15, 0.2) is 5.78 Å². The van der Waals surface area contributed by atoms with Gasteiger partial charge in [0.25, 0.3) is 0 Å². The van der Waals surface area contributed by atoms with E-state index in [0.29, 0.717) is 12.0 Å². The lowest BCUT2D eigenvalue weighted by atomic mass is 10.00. The first-order chi connectivity index (χ1) is 13.5. The molecule has 3 rings (SSSR count). The Morgan fingerprint density at radius 1 is 1.36 bits per heavy atom. The van der Waals surface area contributed by atoms with Crippen molar-refractivity contribution < 1.29 is 9.18 Å². The molecule has 3 aromatic rings. The molecule has 0 spiro atoms. The molecule has 1 aromatic carbocycles. The van der Waals surface area contributed by atoms with Crippen LogP contribution in [0.1, 0.15) is 54.6 Å². The molecule has 0 aliphatic carbocycles. The third-order valence-electron chi connectivity index (χ3n) is 4.77. The number of anilines is 1. The lowest BCUT2D eigenvalue weighted by Crippen LogP contribution is -2.22. The van der Waals surface area contributed by atoms with Gasteiger partial charge < -0.3 is 5.32 Å². The molecule has 0 amide bonds. The van der Waals surface area contributed by atoms with Gasteiger partial charge in [0.2, 0.25) is 0 Å². The second-order valence-corrected chi connectivity index (χ2v) is 7.75. The number of nitrogens with zero attached hydrogens (tertiary/aromatic N) is 2. The van der Waals surface area contributed by atoms with E-state index in [4.69, 9.17) is 5.26 Å². The van der Waals surface area contributed by atoms with Gasteiger partial charge in [-0.1, -0.05) is 19.4 Å². The molecular formula is C22H22FN3OS. The highest BCUT2D eigenvalue weighted by Crippen LogP contribution is 2.32. The number of halogens is 1. The van der Waals surface area contributed by atoms with Crippen LogP contribution in [0, 0.1) is 17.1 Å². The van der Waals surface area contributed by atoms with Crippen LogP contribution in [-0.2, 0) is 6.42 Å². The number of nitriles is 1. The highest BCUT2D eigenvalue weighted by atomic mass is 32.1. The van der Waals surface area contributed by atoms with Crippen molar-refractivity contribution in [1.82, 2.24) is 4.98 Å². The Morgan fingerprint density at radius 3 is 2.86 bits per heavy atom. The van der Waals surface area contributed by atoms with Crippen molar-refractivity contribution in [3.8, 4) is 6.07 Å². The maximum Gasteiger partial charge on any atom is 0.163 e. The molecule has 144 valence electrons. The summed E-state index contributed by atoms with van der Waals surface area (Å²) in [4.78, 5) is 16.5. The summed E-state index contributed by atoms with van der Waals surface area (Å²) in [6.07, 6.45) is 5.05. The van der Waals surface area contributed by atoms with Crippen molar-refractivity contribution in [3.63, 3.8) is 0 Å². The third-order valence-corrected chi connectivity index (χ3v) is 5.70. The maximum atomic E-state index is 13.9. The van der Waals surface area contributed by atoms with E-state index in [1.54, 1.807) is 30.5 Å². The number of aryl methyl sites for hydroxylation is 1. The molecule has 0 fully saturated rings. The molecule has 0 aliphatic heterocycles. The molecule has 1 unspecified atom stereocenters. The van der Waals surface area contributed by atoms with Crippen LogP contribution in [0.4, 0.5) is 10.1 Å². The number of rotatable bonds is 8. The first kappa shape index (κ1) is 20.0. The Balaban J connectivity index is 1.82. The number of ketones is 1. The van der Waals surface area contributed by atoms with Crippen LogP contribution in [0.5, 0.6) is 0 Å². The fourth-order valence-corrected chi connectivity index (χ4v) is 4.17. The zero-order chi connectivity index (χ0) is 20.1. The predicted molar refractivity (Wildman–Crippen MR) is 111 cm³/mol. The molecule has 2 aromatic heterocycles. The Morgan fingerprint density at radius 2 is 2.18 bits per heavy atom. The molecule has 6 heteroatoms. The van der Waals surface area contributed by atoms with Crippen molar-refractivity contribution in [3.05, 3.63) is 58.3 Å². The van der Waals surface area contributed by atoms with Crippen molar-refractivity contribution in [2.24, 2.45) is 0 Å². The molecule has 0 radical (unpaired) electrons. The van der Waals surface area contributed by atoms with Crippen LogP contribution in [0.2, 0.25) is 0 Å². The first-order valence-corrected chi connectivity index (χ1v) is 10.2. The van der Waals surface area contributed by atoms with Gasteiger partial charge in [0.1, 0.15) is 11.9 Å². The normalized spacial score (nSPS) is 11.9. The number of benzene rings is 1. The number of fused-ring (bicyclic) bond motifs is 1. The predicted octanol–water partition coefficient (Wildman–Crippen LogP) is 5.72. The zero-order valence-electron chi connectivity index (χ0n) is 16.0. The van der Waals surface area contributed by atoms with E-state index >= 15 is 0 Å². The number of nitrogens with one attached hydrogen (secondary N) is 1. The highest BCUT2D eigenvalue weighted by Gasteiger charge is 2.17. The lowest BCUT2D eigenvalue weighted by Gasteiger charge is -2.21. The van der Waals surface area contributed by atoms with E-state index in [0.717, 1.165) is 40.7 Å². The zero-order valence-corrected chi connectivity index (χ0v) is 16.8. The van der Waals surface area contributed by atoms with E-state index in [2.05, 4.69) is 17.2 Å². The van der Waals surface area contributed by atoms with Crippen molar-refractivity contribution >= 4 is 33.0 Å². The van der Waals surface area contributed by atoms with Gasteiger partial charge in [0.05, 0.1) is 27.0 Å². The Kier molecular flexibility index (Phi) is 6.37. The summed E-state index contributed by atoms with van der Waals surface area (Å²) < 4.78 is 14.9. The quantitative estimate of drug-likeness (QED) is 0.495. The first-order valence-electron chi connectivity index (χ1n) is 9.35. The number of thiophene rings is 1. The van der Waals surface area contributed by atoms with E-state index < -0.39 is 5.82 Å². The van der Waals surface area contributed by atoms with Crippen molar-refractivity contribution in [2.75, 3.05) is 5.32 Å². The molecule has 0 saturated carbocycles. The topological polar surface area (TPSA) is 65.8 Å². The monoisotopic (exact) mass is 395 g/mol. The summed E-state index contributed by atoms with van der Waals surface area (Å²) in [5.41, 5.74) is 3.25. The summed E-state index contributed by atoms with van der Waals surface area (Å²) in [6.45, 7) is 3.67. The number of Topliss-reactive ketones (excluding diaryl/α,β-unsaturated/α-hetero) is 1. The second kappa shape index (κ2) is 8.94. The van der Waals surface area contributed by atoms with Crippen molar-refractivity contribution in [1.29, 1.82) is 5.26 Å². The van der Waals surface area contributed by atoms with E-state index in [9.17, 15) is 9.18 Å². The van der Waals surface area contributed by atoms with Gasteiger partial charge in [-0.25, -0.2) is 4.39 Å². The lowest BCUT2D eigenvalue weighted by molar-refractivity contribution is 0.101. The van der Waals surface area contributed by atoms with E-state index in [1.807, 2.05) is 17.5 Å². The summed E-state index contributed by atoms with van der Waals surface area (Å²) in [5.74, 6) is -0.497. The number of pyridine rings is 1. The Hall–Kier alpha value is -2.78. The van der Waals surface area contributed by atoms with Gasteiger partial charge in [-0.2, -0.15) is 5.26 Å². The molecule has 0 saturated heterocycles. The molecule has 28 heavy (non-hydrogen) atoms. The van der Waals surface area contributed by atoms with Gasteiger partial charge in [-0.3, -0.25) is 9.78 Å². The minimum absolute atomic E-state index is 0.0188. The standard InChI is InChI=1S/C22H22FN3OS/c1-3-4-17(8-6-15-5-7-16(12-24)19(23)11-15)26-21-18(14(2)27)13-25-20-9-10-28-22(20)21/h5,7,9-11,13,17H,3-4,6,8H2,1-2H3,(H,25,26). The molecule has 0 bridgehead atoms. The summed E-state index contributed by atoms with van der Waals surface area (Å²) in [6, 6.07) is 8.71. The van der Waals surface area contributed by atoms with Crippen LogP contribution in [-0.4, -0.2) is 16.8 Å². The summed E-state index contributed by atoms with van der Waals surface area (Å²) >= 11 is 1.57. The maximum absolute atomic E-state index is 13.9. The Bertz CT molecular complexity index is 1040. The second-order valence-electron chi connectivity index (χ2n) is 6.83. The number of hydrogen-bond acceptors (Lipinski definition) is 5. The van der Waals surface area contributed by atoms with Gasteiger partial charge in [0, 0.05) is 12.2 Å². The van der Waals surface area contributed by atoms with Gasteiger partial charge >= 0.3 is 0 Å². The van der Waals surface area contributed by atoms with E-state index in [-0.39, 0.29) is 17.4 Å². The summed E-state index contributed by atoms with van der Waals surface area (Å²) in [7, 11) is 0. The number of aromatic nitrogens is 1. The van der Waals surface area contributed by atoms with Crippen LogP contribution >= 0.6 is 11.3 Å². The minimum atomic E-state index is -0.478. The van der Waals surface area contributed by atoms with Gasteiger partial charge in [-0.15, -0.1) is 11.3 Å². The smallest absolute Gasteiger partial charge is 0.163 e. The molecule has 2 heterocycles. The number of carbonyl (C=O) groups excluding carboxylic acids is 1.